The minimum Gasteiger partial charge on any atom is -0.385 e. The summed E-state index contributed by atoms with van der Waals surface area (Å²) in [5.41, 5.74) is 3.18. The second-order valence-corrected chi connectivity index (χ2v) is 5.02. The molecule has 98 valence electrons. The second-order valence-electron chi connectivity index (χ2n) is 5.02. The second kappa shape index (κ2) is 5.61. The first-order chi connectivity index (χ1) is 8.34. The smallest absolute Gasteiger partial charge is 0.251 e. The Hall–Kier alpha value is -1.22. The first kappa shape index (κ1) is 13.2. The summed E-state index contributed by atoms with van der Waals surface area (Å²) in [5.74, 6) is 0.828. The Morgan fingerprint density at radius 3 is 3.00 bits per heavy atom. The molecule has 3 nitrogen and oxygen atoms in total. The molecule has 1 aliphatic carbocycles. The summed E-state index contributed by atoms with van der Waals surface area (Å²) in [6, 6.07) is 5.96. The van der Waals surface area contributed by atoms with Crippen molar-refractivity contribution < 1.29 is 4.79 Å². The van der Waals surface area contributed by atoms with E-state index in [-0.39, 0.29) is 18.3 Å². The fourth-order valence-corrected chi connectivity index (χ4v) is 2.38. The molecule has 0 spiro atoms. The van der Waals surface area contributed by atoms with Crippen LogP contribution in [0, 0.1) is 5.92 Å². The largest absolute Gasteiger partial charge is 0.385 e. The third-order valence-corrected chi connectivity index (χ3v) is 3.59. The quantitative estimate of drug-likeness (QED) is 0.883. The molecule has 0 radical (unpaired) electrons. The minimum absolute atomic E-state index is 0. The number of nitrogens with one attached hydrogen (secondary N) is 2. The normalized spacial score (nSPS) is 17.1. The standard InChI is InChI=1S/C14H18N2O.ClH/c17-14(16-9-10-6-7-10)12-3-1-5-13-11(12)4-2-8-15-13;/h1,3,5,10,15H,2,4,6-9H2,(H,16,17);1H. The highest BCUT2D eigenvalue weighted by atomic mass is 35.5. The lowest BCUT2D eigenvalue weighted by Gasteiger charge is -2.20. The van der Waals surface area contributed by atoms with E-state index in [1.54, 1.807) is 0 Å². The maximum absolute atomic E-state index is 12.1. The average Bonchev–Trinajstić information content (AvgIpc) is 3.19. The summed E-state index contributed by atoms with van der Waals surface area (Å²) in [7, 11) is 0. The summed E-state index contributed by atoms with van der Waals surface area (Å²) in [4.78, 5) is 12.1. The van der Waals surface area contributed by atoms with Crippen LogP contribution in [0.2, 0.25) is 0 Å². The number of carbonyl (C=O) groups excluding carboxylic acids is 1. The van der Waals surface area contributed by atoms with Crippen LogP contribution in [0.15, 0.2) is 18.2 Å². The number of fused-ring (bicyclic) bond motifs is 1. The summed E-state index contributed by atoms with van der Waals surface area (Å²) in [5, 5.41) is 6.40. The fraction of sp³-hybridized carbons (Fsp3) is 0.500. The van der Waals surface area contributed by atoms with Crippen LogP contribution in [0.3, 0.4) is 0 Å². The van der Waals surface area contributed by atoms with Crippen LogP contribution in [0.5, 0.6) is 0 Å². The van der Waals surface area contributed by atoms with Crippen LogP contribution >= 0.6 is 12.4 Å². The third-order valence-electron chi connectivity index (χ3n) is 3.59. The summed E-state index contributed by atoms with van der Waals surface area (Å²) in [6.45, 7) is 1.86. The van der Waals surface area contributed by atoms with Crippen molar-refractivity contribution in [2.45, 2.75) is 25.7 Å². The van der Waals surface area contributed by atoms with Crippen molar-refractivity contribution in [1.82, 2.24) is 5.32 Å². The Labute approximate surface area is 114 Å². The van der Waals surface area contributed by atoms with E-state index in [4.69, 9.17) is 0 Å². The van der Waals surface area contributed by atoms with E-state index in [0.29, 0.717) is 0 Å². The number of benzene rings is 1. The Morgan fingerprint density at radius 1 is 1.39 bits per heavy atom. The zero-order valence-corrected chi connectivity index (χ0v) is 11.2. The van der Waals surface area contributed by atoms with Crippen molar-refractivity contribution in [2.24, 2.45) is 5.92 Å². The van der Waals surface area contributed by atoms with E-state index < -0.39 is 0 Å². The molecular formula is C14H19ClN2O. The van der Waals surface area contributed by atoms with Gasteiger partial charge in [0.25, 0.3) is 5.91 Å². The van der Waals surface area contributed by atoms with Gasteiger partial charge in [0, 0.05) is 24.3 Å². The van der Waals surface area contributed by atoms with Crippen molar-refractivity contribution in [3.63, 3.8) is 0 Å². The monoisotopic (exact) mass is 266 g/mol. The maximum atomic E-state index is 12.1. The van der Waals surface area contributed by atoms with Gasteiger partial charge in [0.2, 0.25) is 0 Å². The first-order valence-electron chi connectivity index (χ1n) is 6.48. The minimum atomic E-state index is 0. The van der Waals surface area contributed by atoms with Crippen LogP contribution in [0.1, 0.15) is 35.2 Å². The van der Waals surface area contributed by atoms with E-state index in [9.17, 15) is 4.79 Å². The molecule has 0 unspecified atom stereocenters. The lowest BCUT2D eigenvalue weighted by Crippen LogP contribution is -2.27. The number of halogens is 1. The molecule has 0 aromatic heterocycles. The van der Waals surface area contributed by atoms with Crippen molar-refractivity contribution in [3.8, 4) is 0 Å². The molecule has 1 aromatic carbocycles. The molecule has 1 aliphatic heterocycles. The van der Waals surface area contributed by atoms with Crippen molar-refractivity contribution >= 4 is 24.0 Å². The molecule has 1 fully saturated rings. The predicted molar refractivity (Wildman–Crippen MR) is 75.6 cm³/mol. The van der Waals surface area contributed by atoms with Gasteiger partial charge in [0.05, 0.1) is 0 Å². The molecule has 1 heterocycles. The van der Waals surface area contributed by atoms with E-state index in [0.717, 1.165) is 43.1 Å². The first-order valence-corrected chi connectivity index (χ1v) is 6.48. The number of anilines is 1. The Bertz CT molecular complexity index is 443. The molecule has 0 atom stereocenters. The van der Waals surface area contributed by atoms with Gasteiger partial charge in [-0.3, -0.25) is 4.79 Å². The number of rotatable bonds is 3. The summed E-state index contributed by atoms with van der Waals surface area (Å²) >= 11 is 0. The molecule has 18 heavy (non-hydrogen) atoms. The Kier molecular flexibility index (Phi) is 4.12. The zero-order valence-electron chi connectivity index (χ0n) is 10.4. The molecular weight excluding hydrogens is 248 g/mol. The molecule has 1 amide bonds. The van der Waals surface area contributed by atoms with Crippen LogP contribution in [-0.4, -0.2) is 19.0 Å². The third kappa shape index (κ3) is 2.78. The van der Waals surface area contributed by atoms with Gasteiger partial charge in [-0.05, 0) is 49.3 Å². The summed E-state index contributed by atoms with van der Waals surface area (Å²) < 4.78 is 0. The molecule has 2 N–H and O–H groups in total. The van der Waals surface area contributed by atoms with Gasteiger partial charge in [-0.15, -0.1) is 12.4 Å². The van der Waals surface area contributed by atoms with Gasteiger partial charge in [0.1, 0.15) is 0 Å². The number of carbonyl (C=O) groups is 1. The molecule has 0 saturated heterocycles. The van der Waals surface area contributed by atoms with Gasteiger partial charge in [-0.2, -0.15) is 0 Å². The van der Waals surface area contributed by atoms with Crippen LogP contribution < -0.4 is 10.6 Å². The summed E-state index contributed by atoms with van der Waals surface area (Å²) in [6.07, 6.45) is 4.67. The van der Waals surface area contributed by atoms with Gasteiger partial charge in [0.15, 0.2) is 0 Å². The highest BCUT2D eigenvalue weighted by Crippen LogP contribution is 2.28. The van der Waals surface area contributed by atoms with Crippen LogP contribution in [0.25, 0.3) is 0 Å². The van der Waals surface area contributed by atoms with Crippen LogP contribution in [0.4, 0.5) is 5.69 Å². The molecule has 0 bridgehead atoms. The lowest BCUT2D eigenvalue weighted by molar-refractivity contribution is 0.0951. The van der Waals surface area contributed by atoms with E-state index in [1.807, 2.05) is 12.1 Å². The number of amides is 1. The molecule has 1 aromatic rings. The topological polar surface area (TPSA) is 41.1 Å². The number of hydrogen-bond donors (Lipinski definition) is 2. The van der Waals surface area contributed by atoms with E-state index in [1.165, 1.54) is 18.4 Å². The van der Waals surface area contributed by atoms with E-state index in [2.05, 4.69) is 16.7 Å². The molecule has 4 heteroatoms. The maximum Gasteiger partial charge on any atom is 0.251 e. The molecule has 2 aliphatic rings. The molecule has 3 rings (SSSR count). The van der Waals surface area contributed by atoms with Gasteiger partial charge in [-0.1, -0.05) is 6.07 Å². The average molecular weight is 267 g/mol. The fourth-order valence-electron chi connectivity index (χ4n) is 2.38. The van der Waals surface area contributed by atoms with Crippen molar-refractivity contribution in [2.75, 3.05) is 18.4 Å². The van der Waals surface area contributed by atoms with Gasteiger partial charge >= 0.3 is 0 Å². The predicted octanol–water partition coefficient (Wildman–Crippen LogP) is 2.61. The van der Waals surface area contributed by atoms with Crippen molar-refractivity contribution in [3.05, 3.63) is 29.3 Å². The lowest BCUT2D eigenvalue weighted by atomic mass is 9.97. The van der Waals surface area contributed by atoms with E-state index >= 15 is 0 Å². The van der Waals surface area contributed by atoms with Gasteiger partial charge < -0.3 is 10.6 Å². The Morgan fingerprint density at radius 2 is 2.22 bits per heavy atom. The van der Waals surface area contributed by atoms with Crippen molar-refractivity contribution in [1.29, 1.82) is 0 Å². The number of hydrogen-bond acceptors (Lipinski definition) is 2. The zero-order chi connectivity index (χ0) is 11.7. The molecule has 1 saturated carbocycles. The van der Waals surface area contributed by atoms with Crippen LogP contribution in [-0.2, 0) is 6.42 Å². The highest BCUT2D eigenvalue weighted by Gasteiger charge is 2.23. The van der Waals surface area contributed by atoms with Gasteiger partial charge in [-0.25, -0.2) is 0 Å². The Balaban J connectivity index is 0.00000120. The SMILES string of the molecule is Cl.O=C(NCC1CC1)c1cccc2c1CCCN2. The highest BCUT2D eigenvalue weighted by molar-refractivity contribution is 5.97.